The summed E-state index contributed by atoms with van der Waals surface area (Å²) in [6.45, 7) is 1.44. The van der Waals surface area contributed by atoms with Crippen molar-refractivity contribution in [2.75, 3.05) is 13.6 Å². The number of hydrogen-bond donors (Lipinski definition) is 1. The minimum Gasteiger partial charge on any atom is -0.351 e. The number of imidazole rings is 1. The third-order valence-electron chi connectivity index (χ3n) is 5.08. The van der Waals surface area contributed by atoms with Gasteiger partial charge in [0.2, 0.25) is 5.91 Å². The number of fused-ring (bicyclic) bond motifs is 1. The SMILES string of the molecule is CN1CCCC[C@H]1C(=O)NCc1cccnc1-n1cnc2ccccc21. The predicted octanol–water partition coefficient (Wildman–Crippen LogP) is 2.52. The van der Waals surface area contributed by atoms with Crippen molar-refractivity contribution in [2.24, 2.45) is 0 Å². The lowest BCUT2D eigenvalue weighted by atomic mass is 10.0. The van der Waals surface area contributed by atoms with Crippen LogP contribution in [0.25, 0.3) is 16.9 Å². The summed E-state index contributed by atoms with van der Waals surface area (Å²) < 4.78 is 1.98. The molecule has 0 aliphatic carbocycles. The first-order valence-electron chi connectivity index (χ1n) is 9.08. The third-order valence-corrected chi connectivity index (χ3v) is 5.08. The standard InChI is InChI=1S/C20H23N5O/c1-24-12-5-4-10-18(24)20(26)22-13-15-7-6-11-21-19(15)25-14-23-16-8-2-3-9-17(16)25/h2-3,6-9,11,14,18H,4-5,10,12-13H2,1H3,(H,22,26)/t18-/m0/s1. The highest BCUT2D eigenvalue weighted by molar-refractivity contribution is 5.82. The number of rotatable bonds is 4. The number of benzene rings is 1. The Bertz CT molecular complexity index is 919. The summed E-state index contributed by atoms with van der Waals surface area (Å²) in [6, 6.07) is 11.8. The number of piperidine rings is 1. The second-order valence-electron chi connectivity index (χ2n) is 6.80. The number of para-hydroxylation sites is 2. The summed E-state index contributed by atoms with van der Waals surface area (Å²) in [4.78, 5) is 23.7. The molecule has 0 bridgehead atoms. The zero-order valence-electron chi connectivity index (χ0n) is 14.9. The van der Waals surface area contributed by atoms with Crippen molar-refractivity contribution >= 4 is 16.9 Å². The maximum Gasteiger partial charge on any atom is 0.237 e. The predicted molar refractivity (Wildman–Crippen MR) is 101 cm³/mol. The molecule has 6 nitrogen and oxygen atoms in total. The van der Waals surface area contributed by atoms with Crippen LogP contribution in [0.2, 0.25) is 0 Å². The Labute approximate surface area is 152 Å². The average molecular weight is 349 g/mol. The highest BCUT2D eigenvalue weighted by Gasteiger charge is 2.25. The van der Waals surface area contributed by atoms with Gasteiger partial charge in [-0.3, -0.25) is 14.3 Å². The van der Waals surface area contributed by atoms with Gasteiger partial charge in [-0.05, 0) is 44.6 Å². The minimum atomic E-state index is -0.0297. The molecule has 1 atom stereocenters. The Morgan fingerprint density at radius 1 is 1.19 bits per heavy atom. The van der Waals surface area contributed by atoms with E-state index in [0.29, 0.717) is 6.54 Å². The van der Waals surface area contributed by atoms with Crippen LogP contribution < -0.4 is 5.32 Å². The third kappa shape index (κ3) is 3.20. The molecule has 6 heteroatoms. The quantitative estimate of drug-likeness (QED) is 0.786. The van der Waals surface area contributed by atoms with Crippen molar-refractivity contribution in [3.63, 3.8) is 0 Å². The molecule has 2 aromatic heterocycles. The van der Waals surface area contributed by atoms with E-state index in [0.717, 1.165) is 41.8 Å². The molecule has 0 unspecified atom stereocenters. The van der Waals surface area contributed by atoms with E-state index in [-0.39, 0.29) is 11.9 Å². The molecule has 1 aliphatic heterocycles. The zero-order valence-corrected chi connectivity index (χ0v) is 14.9. The number of nitrogens with zero attached hydrogens (tertiary/aromatic N) is 4. The van der Waals surface area contributed by atoms with E-state index >= 15 is 0 Å². The number of nitrogens with one attached hydrogen (secondary N) is 1. The molecule has 1 amide bonds. The van der Waals surface area contributed by atoms with Crippen molar-refractivity contribution in [1.82, 2.24) is 24.8 Å². The van der Waals surface area contributed by atoms with Crippen LogP contribution in [0.5, 0.6) is 0 Å². The van der Waals surface area contributed by atoms with E-state index in [4.69, 9.17) is 0 Å². The number of likely N-dealkylation sites (tertiary alicyclic amines) is 1. The molecule has 1 N–H and O–H groups in total. The van der Waals surface area contributed by atoms with Gasteiger partial charge in [0, 0.05) is 18.3 Å². The van der Waals surface area contributed by atoms with Gasteiger partial charge >= 0.3 is 0 Å². The van der Waals surface area contributed by atoms with Crippen molar-refractivity contribution < 1.29 is 4.79 Å². The molecule has 1 fully saturated rings. The molecule has 0 spiro atoms. The smallest absolute Gasteiger partial charge is 0.237 e. The Morgan fingerprint density at radius 3 is 2.96 bits per heavy atom. The van der Waals surface area contributed by atoms with E-state index in [9.17, 15) is 4.79 Å². The Morgan fingerprint density at radius 2 is 2.08 bits per heavy atom. The second-order valence-corrected chi connectivity index (χ2v) is 6.80. The van der Waals surface area contributed by atoms with Crippen molar-refractivity contribution in [3.8, 4) is 5.82 Å². The van der Waals surface area contributed by atoms with Gasteiger partial charge in [0.25, 0.3) is 0 Å². The molecular formula is C20H23N5O. The van der Waals surface area contributed by atoms with E-state index in [1.54, 1.807) is 12.5 Å². The fraction of sp³-hybridized carbons (Fsp3) is 0.350. The van der Waals surface area contributed by atoms with Gasteiger partial charge in [0.05, 0.1) is 17.1 Å². The first kappa shape index (κ1) is 16.7. The molecule has 3 aromatic rings. The van der Waals surface area contributed by atoms with Crippen LogP contribution in [0.1, 0.15) is 24.8 Å². The number of likely N-dealkylation sites (N-methyl/N-ethyl adjacent to an activating group) is 1. The molecule has 1 aromatic carbocycles. The van der Waals surface area contributed by atoms with Gasteiger partial charge in [-0.25, -0.2) is 9.97 Å². The number of carbonyl (C=O) groups excluding carboxylic acids is 1. The van der Waals surface area contributed by atoms with Gasteiger partial charge in [0.1, 0.15) is 12.1 Å². The Kier molecular flexibility index (Phi) is 4.67. The van der Waals surface area contributed by atoms with Gasteiger partial charge in [-0.1, -0.05) is 24.6 Å². The maximum absolute atomic E-state index is 12.6. The van der Waals surface area contributed by atoms with Crippen LogP contribution >= 0.6 is 0 Å². The molecule has 134 valence electrons. The lowest BCUT2D eigenvalue weighted by Crippen LogP contribution is -2.47. The van der Waals surface area contributed by atoms with Crippen LogP contribution in [0, 0.1) is 0 Å². The molecule has 26 heavy (non-hydrogen) atoms. The summed E-state index contributed by atoms with van der Waals surface area (Å²) in [5.41, 5.74) is 2.91. The van der Waals surface area contributed by atoms with Crippen LogP contribution in [-0.4, -0.2) is 45.0 Å². The second kappa shape index (κ2) is 7.25. The topological polar surface area (TPSA) is 63.1 Å². The number of carbonyl (C=O) groups is 1. The molecule has 4 rings (SSSR count). The largest absolute Gasteiger partial charge is 0.351 e. The van der Waals surface area contributed by atoms with Gasteiger partial charge in [-0.2, -0.15) is 0 Å². The molecule has 0 saturated carbocycles. The number of hydrogen-bond acceptors (Lipinski definition) is 4. The van der Waals surface area contributed by atoms with Gasteiger partial charge in [0.15, 0.2) is 0 Å². The van der Waals surface area contributed by atoms with Gasteiger partial charge < -0.3 is 5.32 Å². The maximum atomic E-state index is 12.6. The molecular weight excluding hydrogens is 326 g/mol. The molecule has 0 radical (unpaired) electrons. The number of pyridine rings is 1. The van der Waals surface area contributed by atoms with E-state index in [2.05, 4.69) is 20.2 Å². The van der Waals surface area contributed by atoms with E-state index in [1.165, 1.54) is 6.42 Å². The Balaban J connectivity index is 1.56. The minimum absolute atomic E-state index is 0.0297. The fourth-order valence-corrected chi connectivity index (χ4v) is 3.62. The van der Waals surface area contributed by atoms with Crippen LogP contribution in [0.3, 0.4) is 0 Å². The van der Waals surface area contributed by atoms with E-state index < -0.39 is 0 Å². The van der Waals surface area contributed by atoms with Crippen molar-refractivity contribution in [2.45, 2.75) is 31.8 Å². The Hall–Kier alpha value is -2.73. The lowest BCUT2D eigenvalue weighted by Gasteiger charge is -2.31. The highest BCUT2D eigenvalue weighted by Crippen LogP contribution is 2.20. The monoisotopic (exact) mass is 349 g/mol. The molecule has 1 saturated heterocycles. The van der Waals surface area contributed by atoms with E-state index in [1.807, 2.05) is 48.0 Å². The van der Waals surface area contributed by atoms with Crippen LogP contribution in [0.4, 0.5) is 0 Å². The summed E-state index contributed by atoms with van der Waals surface area (Å²) in [6.07, 6.45) is 6.76. The van der Waals surface area contributed by atoms with Crippen LogP contribution in [0.15, 0.2) is 48.9 Å². The number of amides is 1. The van der Waals surface area contributed by atoms with Crippen LogP contribution in [-0.2, 0) is 11.3 Å². The van der Waals surface area contributed by atoms with Crippen molar-refractivity contribution in [1.29, 1.82) is 0 Å². The normalized spacial score (nSPS) is 18.1. The average Bonchev–Trinajstić information content (AvgIpc) is 3.11. The molecule has 3 heterocycles. The lowest BCUT2D eigenvalue weighted by molar-refractivity contribution is -0.127. The zero-order chi connectivity index (χ0) is 17.9. The fourth-order valence-electron chi connectivity index (χ4n) is 3.62. The summed E-state index contributed by atoms with van der Waals surface area (Å²) >= 11 is 0. The summed E-state index contributed by atoms with van der Waals surface area (Å²) in [5.74, 6) is 0.899. The number of aromatic nitrogens is 3. The first-order valence-corrected chi connectivity index (χ1v) is 9.08. The first-order chi connectivity index (χ1) is 12.7. The van der Waals surface area contributed by atoms with Crippen molar-refractivity contribution in [3.05, 3.63) is 54.5 Å². The van der Waals surface area contributed by atoms with Gasteiger partial charge in [-0.15, -0.1) is 0 Å². The highest BCUT2D eigenvalue weighted by atomic mass is 16.2. The molecule has 1 aliphatic rings. The summed E-state index contributed by atoms with van der Waals surface area (Å²) in [7, 11) is 2.02. The summed E-state index contributed by atoms with van der Waals surface area (Å²) in [5, 5.41) is 3.10.